The summed E-state index contributed by atoms with van der Waals surface area (Å²) in [5.41, 5.74) is 2.07. The molecule has 36 heavy (non-hydrogen) atoms. The Labute approximate surface area is 210 Å². The van der Waals surface area contributed by atoms with Crippen LogP contribution in [0.1, 0.15) is 40.9 Å². The summed E-state index contributed by atoms with van der Waals surface area (Å²) < 4.78 is 18.4. The minimum Gasteiger partial charge on any atom is -0.493 e. The van der Waals surface area contributed by atoms with Crippen molar-refractivity contribution in [2.75, 3.05) is 13.2 Å². The van der Waals surface area contributed by atoms with Crippen LogP contribution in [-0.2, 0) is 10.3 Å². The molecule has 0 radical (unpaired) electrons. The van der Waals surface area contributed by atoms with Gasteiger partial charge in [-0.2, -0.15) is 0 Å². The van der Waals surface area contributed by atoms with Crippen LogP contribution in [0.3, 0.4) is 0 Å². The third kappa shape index (κ3) is 3.18. The Morgan fingerprint density at radius 1 is 0.583 bits per heavy atom. The first-order chi connectivity index (χ1) is 17.7. The number of carbonyl (C=O) groups excluding carboxylic acids is 1. The van der Waals surface area contributed by atoms with Crippen molar-refractivity contribution in [1.82, 2.24) is 0 Å². The summed E-state index contributed by atoms with van der Waals surface area (Å²) in [6, 6.07) is 32.0. The number of rotatable bonds is 6. The van der Waals surface area contributed by atoms with Gasteiger partial charge in [-0.3, -0.25) is 0 Å². The van der Waals surface area contributed by atoms with Crippen LogP contribution >= 0.6 is 0 Å². The van der Waals surface area contributed by atoms with Crippen molar-refractivity contribution in [1.29, 1.82) is 0 Å². The van der Waals surface area contributed by atoms with Crippen molar-refractivity contribution in [3.05, 3.63) is 119 Å². The summed E-state index contributed by atoms with van der Waals surface area (Å²) in [5.74, 6) is 1.28. The number of hydrogen-bond donors (Lipinski definition) is 0. The predicted molar refractivity (Wildman–Crippen MR) is 142 cm³/mol. The van der Waals surface area contributed by atoms with Gasteiger partial charge in [-0.05, 0) is 55.0 Å². The summed E-state index contributed by atoms with van der Waals surface area (Å²) in [5, 5.41) is 3.91. The highest BCUT2D eigenvalue weighted by Gasteiger charge is 2.50. The molecule has 0 atom stereocenters. The summed E-state index contributed by atoms with van der Waals surface area (Å²) >= 11 is 0. The Hall–Kier alpha value is -4.31. The van der Waals surface area contributed by atoms with E-state index >= 15 is 0 Å². The standard InChI is InChI=1S/C32H26O4/c1-3-34-29-19-17-27(21-11-5-7-13-23(21)29)32(26-16-10-9-15-25(26)31(33)36-32)28-18-20-30(35-4-2)24-14-8-6-12-22(24)28/h5-20H,3-4H2,1-2H3. The Morgan fingerprint density at radius 3 is 1.58 bits per heavy atom. The van der Waals surface area contributed by atoms with Gasteiger partial charge in [-0.1, -0.05) is 66.7 Å². The van der Waals surface area contributed by atoms with Gasteiger partial charge in [0.25, 0.3) is 0 Å². The van der Waals surface area contributed by atoms with E-state index in [9.17, 15) is 4.79 Å². The smallest absolute Gasteiger partial charge is 0.340 e. The minimum absolute atomic E-state index is 0.332. The van der Waals surface area contributed by atoms with E-state index in [0.717, 1.165) is 49.7 Å². The number of esters is 1. The molecule has 0 fully saturated rings. The predicted octanol–water partition coefficient (Wildman–Crippen LogP) is 7.25. The van der Waals surface area contributed by atoms with Gasteiger partial charge in [0.2, 0.25) is 0 Å². The average molecular weight is 475 g/mol. The van der Waals surface area contributed by atoms with Gasteiger partial charge in [0.15, 0.2) is 5.60 Å². The molecule has 5 aromatic carbocycles. The van der Waals surface area contributed by atoms with Crippen molar-refractivity contribution in [3.63, 3.8) is 0 Å². The van der Waals surface area contributed by atoms with E-state index in [4.69, 9.17) is 14.2 Å². The summed E-state index contributed by atoms with van der Waals surface area (Å²) in [6.07, 6.45) is 0. The van der Waals surface area contributed by atoms with E-state index in [0.29, 0.717) is 18.8 Å². The van der Waals surface area contributed by atoms with Crippen LogP contribution in [0.15, 0.2) is 97.1 Å². The molecule has 4 nitrogen and oxygen atoms in total. The Bertz CT molecular complexity index is 1530. The van der Waals surface area contributed by atoms with Crippen LogP contribution in [0.2, 0.25) is 0 Å². The molecule has 6 rings (SSSR count). The molecule has 0 saturated carbocycles. The Morgan fingerprint density at radius 2 is 1.06 bits per heavy atom. The molecule has 0 saturated heterocycles. The van der Waals surface area contributed by atoms with Crippen LogP contribution in [0.4, 0.5) is 0 Å². The third-order valence-electron chi connectivity index (χ3n) is 6.90. The number of hydrogen-bond acceptors (Lipinski definition) is 4. The van der Waals surface area contributed by atoms with Gasteiger partial charge in [-0.25, -0.2) is 4.79 Å². The third-order valence-corrected chi connectivity index (χ3v) is 6.90. The van der Waals surface area contributed by atoms with E-state index in [1.54, 1.807) is 0 Å². The lowest BCUT2D eigenvalue weighted by Crippen LogP contribution is -2.30. The van der Waals surface area contributed by atoms with Crippen LogP contribution in [0.25, 0.3) is 21.5 Å². The van der Waals surface area contributed by atoms with Crippen molar-refractivity contribution in [3.8, 4) is 11.5 Å². The second-order valence-electron chi connectivity index (χ2n) is 8.80. The highest BCUT2D eigenvalue weighted by atomic mass is 16.6. The molecule has 178 valence electrons. The van der Waals surface area contributed by atoms with E-state index < -0.39 is 5.60 Å². The van der Waals surface area contributed by atoms with E-state index in [1.165, 1.54) is 0 Å². The van der Waals surface area contributed by atoms with Gasteiger partial charge in [0, 0.05) is 27.5 Å². The van der Waals surface area contributed by atoms with Crippen LogP contribution in [-0.4, -0.2) is 19.2 Å². The first kappa shape index (κ1) is 22.2. The monoisotopic (exact) mass is 474 g/mol. The normalized spacial score (nSPS) is 14.0. The quantitative estimate of drug-likeness (QED) is 0.243. The van der Waals surface area contributed by atoms with Gasteiger partial charge < -0.3 is 14.2 Å². The maximum atomic E-state index is 13.4. The summed E-state index contributed by atoms with van der Waals surface area (Å²) in [7, 11) is 0. The topological polar surface area (TPSA) is 44.8 Å². The number of carbonyl (C=O) groups is 1. The molecule has 0 amide bonds. The zero-order valence-electron chi connectivity index (χ0n) is 20.3. The zero-order valence-corrected chi connectivity index (χ0v) is 20.3. The van der Waals surface area contributed by atoms with Gasteiger partial charge in [0.05, 0.1) is 18.8 Å². The van der Waals surface area contributed by atoms with Crippen molar-refractivity contribution in [2.24, 2.45) is 0 Å². The highest BCUT2D eigenvalue weighted by molar-refractivity contribution is 6.02. The molecular weight excluding hydrogens is 448 g/mol. The fraction of sp³-hybridized carbons (Fsp3) is 0.156. The van der Waals surface area contributed by atoms with E-state index in [2.05, 4.69) is 24.3 Å². The largest absolute Gasteiger partial charge is 0.493 e. The Kier molecular flexibility index (Phi) is 5.37. The summed E-state index contributed by atoms with van der Waals surface area (Å²) in [6.45, 7) is 5.09. The zero-order chi connectivity index (χ0) is 24.7. The lowest BCUT2D eigenvalue weighted by Gasteiger charge is -2.33. The van der Waals surface area contributed by atoms with Gasteiger partial charge in [0.1, 0.15) is 11.5 Å². The van der Waals surface area contributed by atoms with Crippen molar-refractivity contribution < 1.29 is 19.0 Å². The number of fused-ring (bicyclic) bond motifs is 3. The fourth-order valence-corrected chi connectivity index (χ4v) is 5.48. The van der Waals surface area contributed by atoms with Crippen molar-refractivity contribution >= 4 is 27.5 Å². The molecule has 1 heterocycles. The summed E-state index contributed by atoms with van der Waals surface area (Å²) in [4.78, 5) is 13.4. The lowest BCUT2D eigenvalue weighted by molar-refractivity contribution is 0.0260. The molecule has 0 spiro atoms. The number of ether oxygens (including phenoxy) is 3. The van der Waals surface area contributed by atoms with Crippen LogP contribution in [0, 0.1) is 0 Å². The second-order valence-corrected chi connectivity index (χ2v) is 8.80. The number of cyclic esters (lactones) is 1. The first-order valence-corrected chi connectivity index (χ1v) is 12.3. The maximum Gasteiger partial charge on any atom is 0.340 e. The van der Waals surface area contributed by atoms with Crippen molar-refractivity contribution in [2.45, 2.75) is 19.4 Å². The first-order valence-electron chi connectivity index (χ1n) is 12.3. The highest BCUT2D eigenvalue weighted by Crippen LogP contribution is 2.52. The molecule has 0 aromatic heterocycles. The number of benzene rings is 5. The van der Waals surface area contributed by atoms with Crippen LogP contribution in [0.5, 0.6) is 11.5 Å². The maximum absolute atomic E-state index is 13.4. The molecular formula is C32H26O4. The molecule has 1 aliphatic rings. The molecule has 4 heteroatoms. The molecule has 1 aliphatic heterocycles. The fourth-order valence-electron chi connectivity index (χ4n) is 5.48. The lowest BCUT2D eigenvalue weighted by atomic mass is 9.76. The van der Waals surface area contributed by atoms with E-state index in [-0.39, 0.29) is 5.97 Å². The molecule has 0 aliphatic carbocycles. The second kappa shape index (κ2) is 8.72. The molecule has 5 aromatic rings. The SMILES string of the molecule is CCOc1ccc(C2(c3ccc(OCC)c4ccccc34)OC(=O)c3ccccc32)c2ccccc12. The Balaban J connectivity index is 1.75. The molecule has 0 bridgehead atoms. The van der Waals surface area contributed by atoms with Crippen LogP contribution < -0.4 is 9.47 Å². The molecule has 0 N–H and O–H groups in total. The average Bonchev–Trinajstić information content (AvgIpc) is 3.22. The molecule has 0 unspecified atom stereocenters. The van der Waals surface area contributed by atoms with E-state index in [1.807, 2.05) is 86.6 Å². The van der Waals surface area contributed by atoms with Gasteiger partial charge >= 0.3 is 5.97 Å². The van der Waals surface area contributed by atoms with Gasteiger partial charge in [-0.15, -0.1) is 0 Å². The minimum atomic E-state index is -1.14.